The van der Waals surface area contributed by atoms with Crippen LogP contribution in [-0.4, -0.2) is 25.6 Å². The van der Waals surface area contributed by atoms with E-state index in [2.05, 4.69) is 6.58 Å². The van der Waals surface area contributed by atoms with Crippen LogP contribution < -0.4 is 0 Å². The highest BCUT2D eigenvalue weighted by molar-refractivity contribution is 7.79. The summed E-state index contributed by atoms with van der Waals surface area (Å²) in [5.41, 5.74) is 0.0513. The van der Waals surface area contributed by atoms with Crippen molar-refractivity contribution in [2.75, 3.05) is 5.75 Å². The third kappa shape index (κ3) is 5.75. The van der Waals surface area contributed by atoms with Crippen LogP contribution in [0.1, 0.15) is 12.8 Å². The molecule has 0 saturated carbocycles. The normalized spacial score (nSPS) is 12.5. The van der Waals surface area contributed by atoms with Crippen LogP contribution in [0.15, 0.2) is 12.2 Å². The zero-order chi connectivity index (χ0) is 8.85. The fraction of sp³-hybridized carbons (Fsp3) is 0.500. The third-order valence-electron chi connectivity index (χ3n) is 1.09. The molecule has 0 aromatic rings. The molecule has 0 spiro atoms. The van der Waals surface area contributed by atoms with E-state index in [4.69, 9.17) is 5.11 Å². The van der Waals surface area contributed by atoms with Crippen LogP contribution in [0.5, 0.6) is 0 Å². The van der Waals surface area contributed by atoms with E-state index in [0.29, 0.717) is 6.42 Å². The van der Waals surface area contributed by atoms with Gasteiger partial charge in [0.05, 0.1) is 0 Å². The van der Waals surface area contributed by atoms with Crippen molar-refractivity contribution in [1.29, 1.82) is 0 Å². The number of aliphatic carboxylic acids is 1. The first-order valence-corrected chi connectivity index (χ1v) is 4.25. The lowest BCUT2D eigenvalue weighted by Crippen LogP contribution is -2.01. The highest BCUT2D eigenvalue weighted by Crippen LogP contribution is 2.02. The van der Waals surface area contributed by atoms with Gasteiger partial charge in [0.2, 0.25) is 0 Å². The van der Waals surface area contributed by atoms with Gasteiger partial charge in [-0.15, -0.1) is 0 Å². The standard InChI is InChI=1S/C6H10O4S/c1-5(6(7)8)3-2-4-11(9)10/h1-4H2,(H,7,8)(H,9,10)/p-1. The van der Waals surface area contributed by atoms with E-state index in [-0.39, 0.29) is 17.7 Å². The van der Waals surface area contributed by atoms with Crippen LogP contribution in [0.25, 0.3) is 0 Å². The summed E-state index contributed by atoms with van der Waals surface area (Å²) in [6.07, 6.45) is 0.546. The second-order valence-corrected chi connectivity index (χ2v) is 3.04. The molecule has 0 aliphatic carbocycles. The fourth-order valence-electron chi connectivity index (χ4n) is 0.510. The number of hydrogen-bond acceptors (Lipinski definition) is 3. The van der Waals surface area contributed by atoms with E-state index in [1.165, 1.54) is 0 Å². The molecule has 64 valence electrons. The molecule has 0 saturated heterocycles. The maximum Gasteiger partial charge on any atom is 0.330 e. The molecule has 11 heavy (non-hydrogen) atoms. The highest BCUT2D eigenvalue weighted by atomic mass is 32.2. The summed E-state index contributed by atoms with van der Waals surface area (Å²) < 4.78 is 19.9. The lowest BCUT2D eigenvalue weighted by Gasteiger charge is -2.03. The largest absolute Gasteiger partial charge is 0.772 e. The molecule has 4 nitrogen and oxygen atoms in total. The zero-order valence-corrected chi connectivity index (χ0v) is 6.73. The van der Waals surface area contributed by atoms with Gasteiger partial charge in [-0.2, -0.15) is 0 Å². The molecule has 0 amide bonds. The molecule has 1 N–H and O–H groups in total. The molecule has 0 bridgehead atoms. The minimum atomic E-state index is -2.08. The van der Waals surface area contributed by atoms with Gasteiger partial charge in [0.15, 0.2) is 0 Å². The second kappa shape index (κ2) is 5.03. The van der Waals surface area contributed by atoms with Crippen molar-refractivity contribution in [2.45, 2.75) is 12.8 Å². The van der Waals surface area contributed by atoms with Crippen molar-refractivity contribution >= 4 is 17.0 Å². The lowest BCUT2D eigenvalue weighted by molar-refractivity contribution is -0.132. The quantitative estimate of drug-likeness (QED) is 0.483. The van der Waals surface area contributed by atoms with Crippen LogP contribution in [0, 0.1) is 0 Å². The Hall–Kier alpha value is -0.680. The number of carbonyl (C=O) groups is 1. The van der Waals surface area contributed by atoms with Crippen molar-refractivity contribution in [3.8, 4) is 0 Å². The van der Waals surface area contributed by atoms with Gasteiger partial charge in [-0.3, -0.25) is 4.21 Å². The summed E-state index contributed by atoms with van der Waals surface area (Å²) in [7, 11) is 0. The Morgan fingerprint density at radius 3 is 2.55 bits per heavy atom. The Morgan fingerprint density at radius 2 is 2.18 bits per heavy atom. The van der Waals surface area contributed by atoms with Gasteiger partial charge in [-0.05, 0) is 12.8 Å². The molecule has 1 unspecified atom stereocenters. The van der Waals surface area contributed by atoms with Gasteiger partial charge in [-0.1, -0.05) is 17.7 Å². The molecular formula is C6H9O4S-. The molecule has 0 heterocycles. The third-order valence-corrected chi connectivity index (χ3v) is 1.71. The Balaban J connectivity index is 3.47. The predicted molar refractivity (Wildman–Crippen MR) is 39.8 cm³/mol. The Kier molecular flexibility index (Phi) is 4.72. The Bertz CT molecular complexity index is 187. The van der Waals surface area contributed by atoms with Crippen LogP contribution in [0.2, 0.25) is 0 Å². The first kappa shape index (κ1) is 10.3. The summed E-state index contributed by atoms with van der Waals surface area (Å²) in [4.78, 5) is 10.1. The number of carboxylic acids is 1. The summed E-state index contributed by atoms with van der Waals surface area (Å²) in [6.45, 7) is 3.25. The van der Waals surface area contributed by atoms with Gasteiger partial charge >= 0.3 is 5.97 Å². The molecule has 0 aliphatic heterocycles. The van der Waals surface area contributed by atoms with Crippen LogP contribution >= 0.6 is 0 Å². The van der Waals surface area contributed by atoms with Gasteiger partial charge in [-0.25, -0.2) is 4.79 Å². The van der Waals surface area contributed by atoms with E-state index in [1.54, 1.807) is 0 Å². The molecule has 0 rings (SSSR count). The van der Waals surface area contributed by atoms with Gasteiger partial charge in [0.25, 0.3) is 0 Å². The van der Waals surface area contributed by atoms with Crippen LogP contribution in [0.4, 0.5) is 0 Å². The van der Waals surface area contributed by atoms with Crippen molar-refractivity contribution < 1.29 is 18.7 Å². The Labute approximate surface area is 67.2 Å². The molecule has 0 aliphatic rings. The molecule has 0 aromatic carbocycles. The monoisotopic (exact) mass is 177 g/mol. The Morgan fingerprint density at radius 1 is 1.64 bits per heavy atom. The average molecular weight is 177 g/mol. The van der Waals surface area contributed by atoms with Crippen molar-refractivity contribution in [1.82, 2.24) is 0 Å². The molecule has 1 atom stereocenters. The molecule has 0 fully saturated rings. The van der Waals surface area contributed by atoms with Gasteiger partial charge in [0, 0.05) is 11.3 Å². The lowest BCUT2D eigenvalue weighted by atomic mass is 10.2. The molecule has 0 aromatic heterocycles. The molecule has 0 radical (unpaired) electrons. The summed E-state index contributed by atoms with van der Waals surface area (Å²) >= 11 is -2.08. The maximum atomic E-state index is 10.1. The highest BCUT2D eigenvalue weighted by Gasteiger charge is 2.01. The number of rotatable bonds is 5. The topological polar surface area (TPSA) is 77.4 Å². The predicted octanol–water partition coefficient (Wildman–Crippen LogP) is 0.287. The molecule has 5 heteroatoms. The van der Waals surface area contributed by atoms with Crippen molar-refractivity contribution in [3.05, 3.63) is 12.2 Å². The maximum absolute atomic E-state index is 10.1. The first-order valence-electron chi connectivity index (χ1n) is 3.01. The van der Waals surface area contributed by atoms with Crippen LogP contribution in [-0.2, 0) is 15.9 Å². The second-order valence-electron chi connectivity index (χ2n) is 2.02. The SMILES string of the molecule is C=C(CCCS(=O)[O-])C(=O)O. The van der Waals surface area contributed by atoms with Crippen molar-refractivity contribution in [2.24, 2.45) is 0 Å². The zero-order valence-electron chi connectivity index (χ0n) is 5.91. The summed E-state index contributed by atoms with van der Waals surface area (Å²) in [5, 5.41) is 8.29. The fourth-order valence-corrected chi connectivity index (χ4v) is 0.890. The number of carboxylic acid groups (broad SMARTS) is 1. The van der Waals surface area contributed by atoms with Crippen molar-refractivity contribution in [3.63, 3.8) is 0 Å². The summed E-state index contributed by atoms with van der Waals surface area (Å²) in [6, 6.07) is 0. The summed E-state index contributed by atoms with van der Waals surface area (Å²) in [5.74, 6) is -1.08. The van der Waals surface area contributed by atoms with Gasteiger partial charge < -0.3 is 9.66 Å². The number of hydrogen-bond donors (Lipinski definition) is 1. The van der Waals surface area contributed by atoms with E-state index in [9.17, 15) is 13.6 Å². The van der Waals surface area contributed by atoms with E-state index < -0.39 is 17.0 Å². The van der Waals surface area contributed by atoms with Gasteiger partial charge in [0.1, 0.15) is 0 Å². The average Bonchev–Trinajstić information content (AvgIpc) is 1.86. The van der Waals surface area contributed by atoms with E-state index in [1.807, 2.05) is 0 Å². The first-order chi connectivity index (χ1) is 5.04. The minimum absolute atomic E-state index is 0.00764. The smallest absolute Gasteiger partial charge is 0.330 e. The minimum Gasteiger partial charge on any atom is -0.772 e. The molecular weight excluding hydrogens is 168 g/mol. The van der Waals surface area contributed by atoms with E-state index in [0.717, 1.165) is 0 Å². The van der Waals surface area contributed by atoms with Crippen LogP contribution in [0.3, 0.4) is 0 Å². The van der Waals surface area contributed by atoms with E-state index >= 15 is 0 Å².